The fourth-order valence-electron chi connectivity index (χ4n) is 0.914. The number of phenols is 2. The molecule has 0 aliphatic rings. The molecule has 1 aromatic carbocycles. The molecule has 0 aliphatic carbocycles. The molecule has 12 heteroatoms. The molecule has 0 spiro atoms. The molecule has 0 aliphatic heterocycles. The fraction of sp³-hybridized carbons (Fsp3) is 0. The van der Waals surface area contributed by atoms with Crippen molar-refractivity contribution in [3.63, 3.8) is 0 Å². The molecule has 1 rings (SSSR count). The summed E-state index contributed by atoms with van der Waals surface area (Å²) in [5, 5.41) is 18.1. The summed E-state index contributed by atoms with van der Waals surface area (Å²) in [5.74, 6) is -2.32. The Kier molecular flexibility index (Phi) is 6.82. The van der Waals surface area contributed by atoms with Crippen LogP contribution in [0.5, 0.6) is 11.5 Å². The Bertz CT molecular complexity index is 633. The van der Waals surface area contributed by atoms with Gasteiger partial charge in [-0.15, -0.1) is 0 Å². The molecule has 0 saturated heterocycles. The van der Waals surface area contributed by atoms with Crippen LogP contribution in [0.15, 0.2) is 21.9 Å². The van der Waals surface area contributed by atoms with Gasteiger partial charge in [-0.1, -0.05) is 0 Å². The molecule has 0 heterocycles. The van der Waals surface area contributed by atoms with Crippen LogP contribution in [0.3, 0.4) is 0 Å². The van der Waals surface area contributed by atoms with E-state index in [1.54, 1.807) is 0 Å². The van der Waals surface area contributed by atoms with Crippen LogP contribution in [-0.4, -0.2) is 71.2 Å². The maximum absolute atomic E-state index is 10.7. The molecule has 6 N–H and O–H groups in total. The van der Waals surface area contributed by atoms with Crippen LogP contribution in [0.1, 0.15) is 0 Å². The number of hydrogen-bond acceptors (Lipinski definition) is 6. The van der Waals surface area contributed by atoms with Crippen molar-refractivity contribution in [3.05, 3.63) is 12.1 Å². The monoisotopic (exact) mass is 312 g/mol. The van der Waals surface area contributed by atoms with Gasteiger partial charge in [0.05, 0.1) is 4.90 Å². The Hall–Kier alpha value is -0.400. The van der Waals surface area contributed by atoms with E-state index < -0.39 is 41.5 Å². The predicted octanol–water partition coefficient (Wildman–Crippen LogP) is -1.88. The van der Waals surface area contributed by atoms with E-state index in [9.17, 15) is 16.8 Å². The van der Waals surface area contributed by atoms with Gasteiger partial charge in [0.1, 0.15) is 4.90 Å². The molecular formula is C6H9NaO9S2. The fourth-order valence-corrected chi connectivity index (χ4v) is 2.14. The van der Waals surface area contributed by atoms with Crippen molar-refractivity contribution >= 4 is 49.8 Å². The van der Waals surface area contributed by atoms with Gasteiger partial charge in [0, 0.05) is 6.07 Å². The van der Waals surface area contributed by atoms with Crippen molar-refractivity contribution in [3.8, 4) is 11.5 Å². The number of rotatable bonds is 2. The molecule has 0 bridgehead atoms. The van der Waals surface area contributed by atoms with Gasteiger partial charge in [-0.3, -0.25) is 9.11 Å². The third-order valence-corrected chi connectivity index (χ3v) is 3.30. The number of aromatic hydroxyl groups is 2. The first kappa shape index (κ1) is 19.9. The van der Waals surface area contributed by atoms with Crippen LogP contribution in [-0.2, 0) is 20.2 Å². The number of phenolic OH excluding ortho intramolecular Hbond substituents is 2. The molecule has 0 amide bonds. The first-order valence-corrected chi connectivity index (χ1v) is 6.42. The normalized spacial score (nSPS) is 11.2. The van der Waals surface area contributed by atoms with Gasteiger partial charge in [-0.25, -0.2) is 0 Å². The Morgan fingerprint density at radius 2 is 1.33 bits per heavy atom. The topological polar surface area (TPSA) is 181 Å². The average Bonchev–Trinajstić information content (AvgIpc) is 2.05. The molecule has 0 atom stereocenters. The second kappa shape index (κ2) is 6.16. The summed E-state index contributed by atoms with van der Waals surface area (Å²) in [7, 11) is -9.70. The Morgan fingerprint density at radius 1 is 0.889 bits per heavy atom. The molecule has 0 unspecified atom stereocenters. The Balaban J connectivity index is 0. The van der Waals surface area contributed by atoms with Crippen molar-refractivity contribution in [1.82, 2.24) is 0 Å². The van der Waals surface area contributed by atoms with E-state index in [0.29, 0.717) is 12.1 Å². The zero-order valence-corrected chi connectivity index (χ0v) is 9.53. The maximum atomic E-state index is 10.7. The van der Waals surface area contributed by atoms with Gasteiger partial charge in [-0.2, -0.15) is 16.8 Å². The van der Waals surface area contributed by atoms with E-state index in [-0.39, 0.29) is 35.0 Å². The van der Waals surface area contributed by atoms with Crippen molar-refractivity contribution in [2.45, 2.75) is 9.79 Å². The number of hydrogen-bond donors (Lipinski definition) is 4. The number of benzene rings is 1. The van der Waals surface area contributed by atoms with Crippen LogP contribution in [0.4, 0.5) is 0 Å². The third kappa shape index (κ3) is 4.37. The van der Waals surface area contributed by atoms with Crippen LogP contribution in [0.25, 0.3) is 0 Å². The van der Waals surface area contributed by atoms with Crippen molar-refractivity contribution in [2.75, 3.05) is 0 Å². The molecule has 1 aromatic rings. The summed E-state index contributed by atoms with van der Waals surface area (Å²) in [6, 6.07) is 0.735. The van der Waals surface area contributed by atoms with Crippen molar-refractivity contribution in [2.24, 2.45) is 0 Å². The molecule has 0 radical (unpaired) electrons. The molecule has 100 valence electrons. The average molecular weight is 312 g/mol. The summed E-state index contributed by atoms with van der Waals surface area (Å²) >= 11 is 0. The summed E-state index contributed by atoms with van der Waals surface area (Å²) in [5.41, 5.74) is 0. The van der Waals surface area contributed by atoms with Crippen molar-refractivity contribution < 1.29 is 41.6 Å². The van der Waals surface area contributed by atoms with Crippen LogP contribution >= 0.6 is 0 Å². The summed E-state index contributed by atoms with van der Waals surface area (Å²) < 4.78 is 59.9. The first-order valence-electron chi connectivity index (χ1n) is 3.54. The zero-order chi connectivity index (χ0) is 12.7. The molecular weight excluding hydrogens is 303 g/mol. The minimum absolute atomic E-state index is 0. The summed E-state index contributed by atoms with van der Waals surface area (Å²) in [6.45, 7) is 0. The van der Waals surface area contributed by atoms with E-state index in [1.165, 1.54) is 0 Å². The SMILES string of the molecule is O.O=S(=O)(O)c1cc(O)c(O)c(S(=O)(=O)O)c1.[NaH]. The van der Waals surface area contributed by atoms with E-state index in [1.807, 2.05) is 0 Å². The van der Waals surface area contributed by atoms with E-state index in [0.717, 1.165) is 0 Å². The van der Waals surface area contributed by atoms with Crippen LogP contribution < -0.4 is 0 Å². The zero-order valence-electron chi connectivity index (χ0n) is 7.89. The van der Waals surface area contributed by atoms with E-state index in [4.69, 9.17) is 19.3 Å². The summed E-state index contributed by atoms with van der Waals surface area (Å²) in [6.07, 6.45) is 0. The second-order valence-corrected chi connectivity index (χ2v) is 5.55. The van der Waals surface area contributed by atoms with Crippen LogP contribution in [0, 0.1) is 0 Å². The van der Waals surface area contributed by atoms with Gasteiger partial charge >= 0.3 is 29.6 Å². The molecule has 0 fully saturated rings. The van der Waals surface area contributed by atoms with E-state index >= 15 is 0 Å². The van der Waals surface area contributed by atoms with Crippen LogP contribution in [0.2, 0.25) is 0 Å². The van der Waals surface area contributed by atoms with Gasteiger partial charge < -0.3 is 15.7 Å². The molecule has 0 aromatic heterocycles. The molecule has 18 heavy (non-hydrogen) atoms. The Labute approximate surface area is 124 Å². The van der Waals surface area contributed by atoms with Gasteiger partial charge in [0.2, 0.25) is 0 Å². The predicted molar refractivity (Wildman–Crippen MR) is 60.2 cm³/mol. The van der Waals surface area contributed by atoms with Gasteiger partial charge in [0.15, 0.2) is 11.5 Å². The Morgan fingerprint density at radius 3 is 1.67 bits per heavy atom. The van der Waals surface area contributed by atoms with E-state index in [2.05, 4.69) is 0 Å². The standard InChI is InChI=1S/C6H6O8S2.Na.H2O.H/c7-4-1-3(15(9,10)11)2-5(6(4)8)16(12,13)14;;;/h1-2,7-8H,(H,9,10,11)(H,12,13,14);;1H2;. The molecule has 0 saturated carbocycles. The first-order chi connectivity index (χ1) is 7.03. The summed E-state index contributed by atoms with van der Waals surface area (Å²) in [4.78, 5) is -2.20. The third-order valence-electron chi connectivity index (χ3n) is 1.60. The quantitative estimate of drug-likeness (QED) is 0.278. The van der Waals surface area contributed by atoms with Gasteiger partial charge in [-0.05, 0) is 6.07 Å². The van der Waals surface area contributed by atoms with Crippen molar-refractivity contribution in [1.29, 1.82) is 0 Å². The van der Waals surface area contributed by atoms with Gasteiger partial charge in [0.25, 0.3) is 20.2 Å². The minimum atomic E-state index is -4.92. The second-order valence-electron chi connectivity index (χ2n) is 2.74. The molecule has 9 nitrogen and oxygen atoms in total.